The third-order valence-corrected chi connectivity index (χ3v) is 3.31. The normalized spacial score (nSPS) is 13.5. The number of ketones is 1. The summed E-state index contributed by atoms with van der Waals surface area (Å²) < 4.78 is 18.4. The van der Waals surface area contributed by atoms with Crippen LogP contribution in [0.1, 0.15) is 15.9 Å². The Bertz CT molecular complexity index is 745. The van der Waals surface area contributed by atoms with Gasteiger partial charge in [0, 0.05) is 11.8 Å². The van der Waals surface area contributed by atoms with Crippen molar-refractivity contribution in [1.82, 2.24) is 4.98 Å². The Balaban J connectivity index is 2.01. The number of nitrogens with zero attached hydrogens (tertiary/aromatic N) is 2. The highest BCUT2D eigenvalue weighted by atomic mass is 19.1. The van der Waals surface area contributed by atoms with Gasteiger partial charge in [-0.25, -0.2) is 9.37 Å². The molecule has 0 spiro atoms. The summed E-state index contributed by atoms with van der Waals surface area (Å²) >= 11 is 0. The fraction of sp³-hybridized carbons (Fsp3) is 0.133. The second-order valence-electron chi connectivity index (χ2n) is 4.55. The van der Waals surface area contributed by atoms with E-state index in [4.69, 9.17) is 4.74 Å². The number of anilines is 1. The highest BCUT2D eigenvalue weighted by Crippen LogP contribution is 2.31. The first kappa shape index (κ1) is 13.2. The van der Waals surface area contributed by atoms with E-state index in [1.165, 1.54) is 24.1 Å². The average Bonchev–Trinajstić information content (AvgIpc) is 2.73. The molecule has 1 aliphatic heterocycles. The number of amides is 1. The molecule has 1 aromatic carbocycles. The molecule has 1 aromatic heterocycles. The zero-order chi connectivity index (χ0) is 15.0. The van der Waals surface area contributed by atoms with Crippen molar-refractivity contribution in [2.24, 2.45) is 0 Å². The first-order valence-electron chi connectivity index (χ1n) is 6.25. The molecule has 5 nitrogen and oxygen atoms in total. The maximum atomic E-state index is 13.2. The number of aromatic nitrogens is 1. The number of ether oxygens (including phenoxy) is 1. The molecule has 0 aliphatic carbocycles. The minimum atomic E-state index is -0.702. The molecule has 0 bridgehead atoms. The number of rotatable bonds is 3. The monoisotopic (exact) mass is 286 g/mol. The highest BCUT2D eigenvalue weighted by Gasteiger charge is 2.36. The molecule has 2 heterocycles. The fourth-order valence-electron chi connectivity index (χ4n) is 2.33. The lowest BCUT2D eigenvalue weighted by atomic mass is 10.1. The quantitative estimate of drug-likeness (QED) is 0.809. The minimum Gasteiger partial charge on any atom is -0.481 e. The summed E-state index contributed by atoms with van der Waals surface area (Å²) in [5, 5.41) is 0. The van der Waals surface area contributed by atoms with Gasteiger partial charge in [0.05, 0.1) is 24.9 Å². The van der Waals surface area contributed by atoms with Crippen LogP contribution in [0, 0.1) is 5.82 Å². The lowest BCUT2D eigenvalue weighted by Crippen LogP contribution is -2.29. The lowest BCUT2D eigenvalue weighted by Gasteiger charge is -2.17. The second kappa shape index (κ2) is 4.97. The summed E-state index contributed by atoms with van der Waals surface area (Å²) in [6.07, 6.45) is 1.57. The van der Waals surface area contributed by atoms with Gasteiger partial charge >= 0.3 is 0 Å². The number of pyridine rings is 1. The van der Waals surface area contributed by atoms with E-state index in [-0.39, 0.29) is 12.1 Å². The molecule has 0 N–H and O–H groups in total. The Hall–Kier alpha value is -2.76. The number of methoxy groups -OCH3 is 1. The maximum Gasteiger partial charge on any atom is 0.299 e. The van der Waals surface area contributed by atoms with Crippen LogP contribution < -0.4 is 9.64 Å². The lowest BCUT2D eigenvalue weighted by molar-refractivity contribution is -0.114. The molecule has 21 heavy (non-hydrogen) atoms. The summed E-state index contributed by atoms with van der Waals surface area (Å²) in [4.78, 5) is 29.3. The van der Waals surface area contributed by atoms with E-state index >= 15 is 0 Å². The first-order valence-corrected chi connectivity index (χ1v) is 6.25. The molecule has 3 rings (SSSR count). The number of fused-ring (bicyclic) bond motifs is 1. The van der Waals surface area contributed by atoms with Crippen LogP contribution in [0.2, 0.25) is 0 Å². The minimum absolute atomic E-state index is 0.0860. The first-order chi connectivity index (χ1) is 10.1. The second-order valence-corrected chi connectivity index (χ2v) is 4.55. The van der Waals surface area contributed by atoms with Crippen LogP contribution in [0.15, 0.2) is 36.5 Å². The van der Waals surface area contributed by atoms with Gasteiger partial charge in [-0.2, -0.15) is 0 Å². The van der Waals surface area contributed by atoms with E-state index in [9.17, 15) is 14.0 Å². The predicted molar refractivity (Wildman–Crippen MR) is 72.7 cm³/mol. The van der Waals surface area contributed by atoms with Gasteiger partial charge in [0.25, 0.3) is 11.7 Å². The van der Waals surface area contributed by atoms with Crippen molar-refractivity contribution in [3.8, 4) is 5.88 Å². The van der Waals surface area contributed by atoms with Crippen molar-refractivity contribution in [3.05, 3.63) is 53.5 Å². The van der Waals surface area contributed by atoms with Crippen LogP contribution in [0.4, 0.5) is 10.1 Å². The zero-order valence-electron chi connectivity index (χ0n) is 11.2. The predicted octanol–water partition coefficient (Wildman–Crippen LogP) is 1.96. The van der Waals surface area contributed by atoms with Gasteiger partial charge < -0.3 is 9.64 Å². The molecule has 0 fully saturated rings. The summed E-state index contributed by atoms with van der Waals surface area (Å²) in [5.41, 5.74) is 1.15. The third kappa shape index (κ3) is 2.14. The van der Waals surface area contributed by atoms with Crippen molar-refractivity contribution < 1.29 is 18.7 Å². The van der Waals surface area contributed by atoms with Crippen molar-refractivity contribution in [3.63, 3.8) is 0 Å². The molecule has 2 aromatic rings. The molecule has 6 heteroatoms. The molecule has 0 saturated heterocycles. The number of hydrogen-bond donors (Lipinski definition) is 0. The SMILES string of the molecule is COc1ncccc1CN1C(=O)C(=O)c2cc(F)ccc21. The summed E-state index contributed by atoms with van der Waals surface area (Å²) in [6, 6.07) is 7.20. The molecule has 106 valence electrons. The number of halogens is 1. The number of benzene rings is 1. The Morgan fingerprint density at radius 2 is 2.10 bits per heavy atom. The van der Waals surface area contributed by atoms with E-state index in [0.717, 1.165) is 6.07 Å². The van der Waals surface area contributed by atoms with E-state index < -0.39 is 17.5 Å². The number of carbonyl (C=O) groups is 2. The molecule has 0 atom stereocenters. The van der Waals surface area contributed by atoms with Crippen molar-refractivity contribution >= 4 is 17.4 Å². The maximum absolute atomic E-state index is 13.2. The van der Waals surface area contributed by atoms with E-state index in [1.54, 1.807) is 18.3 Å². The van der Waals surface area contributed by atoms with Crippen molar-refractivity contribution in [2.45, 2.75) is 6.54 Å². The zero-order valence-corrected chi connectivity index (χ0v) is 11.2. The van der Waals surface area contributed by atoms with Gasteiger partial charge in [0.15, 0.2) is 0 Å². The van der Waals surface area contributed by atoms with Crippen LogP contribution >= 0.6 is 0 Å². The molecule has 0 saturated carbocycles. The van der Waals surface area contributed by atoms with Gasteiger partial charge in [-0.15, -0.1) is 0 Å². The molecule has 1 aliphatic rings. The van der Waals surface area contributed by atoms with Crippen molar-refractivity contribution in [2.75, 3.05) is 12.0 Å². The molecular weight excluding hydrogens is 275 g/mol. The van der Waals surface area contributed by atoms with Crippen molar-refractivity contribution in [1.29, 1.82) is 0 Å². The summed E-state index contributed by atoms with van der Waals surface area (Å²) in [6.45, 7) is 0.139. The number of carbonyl (C=O) groups excluding carboxylic acids is 2. The van der Waals surface area contributed by atoms with Gasteiger partial charge in [-0.3, -0.25) is 9.59 Å². The largest absolute Gasteiger partial charge is 0.481 e. The van der Waals surface area contributed by atoms with Crippen LogP contribution in [0.25, 0.3) is 0 Å². The van der Waals surface area contributed by atoms with E-state index in [2.05, 4.69) is 4.98 Å². The van der Waals surface area contributed by atoms with E-state index in [0.29, 0.717) is 17.1 Å². The van der Waals surface area contributed by atoms with Gasteiger partial charge in [0.1, 0.15) is 5.82 Å². The Morgan fingerprint density at radius 1 is 1.29 bits per heavy atom. The highest BCUT2D eigenvalue weighted by molar-refractivity contribution is 6.52. The molecule has 1 amide bonds. The molecule has 0 radical (unpaired) electrons. The van der Waals surface area contributed by atoms with Gasteiger partial charge in [0.2, 0.25) is 5.88 Å². The van der Waals surface area contributed by atoms with Crippen LogP contribution in [-0.2, 0) is 11.3 Å². The fourth-order valence-corrected chi connectivity index (χ4v) is 2.33. The molecular formula is C15H11FN2O3. The Labute approximate surface area is 120 Å². The third-order valence-electron chi connectivity index (χ3n) is 3.31. The Morgan fingerprint density at radius 3 is 2.86 bits per heavy atom. The average molecular weight is 286 g/mol. The standard InChI is InChI=1S/C15H11FN2O3/c1-21-14-9(3-2-6-17-14)8-18-12-5-4-10(16)7-11(12)13(19)15(18)20/h2-7H,8H2,1H3. The van der Waals surface area contributed by atoms with Gasteiger partial charge in [-0.1, -0.05) is 6.07 Å². The molecule has 0 unspecified atom stereocenters. The van der Waals surface area contributed by atoms with Gasteiger partial charge in [-0.05, 0) is 24.3 Å². The van der Waals surface area contributed by atoms with Crippen LogP contribution in [0.5, 0.6) is 5.88 Å². The smallest absolute Gasteiger partial charge is 0.299 e. The Kier molecular flexibility index (Phi) is 3.13. The van der Waals surface area contributed by atoms with Crippen LogP contribution in [0.3, 0.4) is 0 Å². The topological polar surface area (TPSA) is 59.5 Å². The van der Waals surface area contributed by atoms with E-state index in [1.807, 2.05) is 0 Å². The van der Waals surface area contributed by atoms with Crippen LogP contribution in [-0.4, -0.2) is 23.8 Å². The summed E-state index contributed by atoms with van der Waals surface area (Å²) in [7, 11) is 1.48. The number of hydrogen-bond acceptors (Lipinski definition) is 4. The summed E-state index contributed by atoms with van der Waals surface area (Å²) in [5.74, 6) is -1.54. The number of Topliss-reactive ketones (excluding diaryl/α,β-unsaturated/α-hetero) is 1.